The van der Waals surface area contributed by atoms with Crippen molar-refractivity contribution in [1.82, 2.24) is 0 Å². The molecule has 0 aromatic heterocycles. The molecule has 2 unspecified atom stereocenters. The summed E-state index contributed by atoms with van der Waals surface area (Å²) in [4.78, 5) is 0. The molecule has 0 N–H and O–H groups in total. The van der Waals surface area contributed by atoms with E-state index in [1.165, 1.54) is 64.2 Å². The Kier molecular flexibility index (Phi) is 22.5. The van der Waals surface area contributed by atoms with E-state index in [1.807, 2.05) is 0 Å². The van der Waals surface area contributed by atoms with Gasteiger partial charge in [-0.15, -0.1) is 0 Å². The zero-order chi connectivity index (χ0) is 22.2. The molecule has 2 saturated carbocycles. The molecule has 0 bridgehead atoms. The first kappa shape index (κ1) is 32.9. The molecule has 0 heterocycles. The van der Waals surface area contributed by atoms with Crippen molar-refractivity contribution in [1.29, 1.82) is 0 Å². The van der Waals surface area contributed by atoms with Crippen LogP contribution in [0.1, 0.15) is 113 Å². The summed E-state index contributed by atoms with van der Waals surface area (Å²) in [5.74, 6) is 0. The van der Waals surface area contributed by atoms with Crippen LogP contribution < -0.4 is 0 Å². The Morgan fingerprint density at radius 2 is 1.07 bits per heavy atom. The van der Waals surface area contributed by atoms with Crippen molar-refractivity contribution in [2.24, 2.45) is 5.41 Å². The number of hydrogen-bond donors (Lipinski definition) is 0. The predicted octanol–water partition coefficient (Wildman–Crippen LogP) is 11.1. The molecule has 176 valence electrons. The summed E-state index contributed by atoms with van der Waals surface area (Å²) < 4.78 is 0. The van der Waals surface area contributed by atoms with Crippen LogP contribution in [-0.2, 0) is 15.9 Å². The van der Waals surface area contributed by atoms with Crippen molar-refractivity contribution in [2.75, 3.05) is 0 Å². The Bertz CT molecular complexity index is 328. The Morgan fingerprint density at radius 1 is 0.750 bits per heavy atom. The SMILES string of the molecule is CC(C)(C)C.CC(C)(C)[PH+](Cl)C1CCCCC1.ClPC1CCCCC1.[Cl][Pd][Cl]. The topological polar surface area (TPSA) is 0 Å². The van der Waals surface area contributed by atoms with E-state index >= 15 is 0 Å². The second kappa shape index (κ2) is 19.2. The maximum absolute atomic E-state index is 6.54. The maximum atomic E-state index is 6.54. The van der Waals surface area contributed by atoms with E-state index < -0.39 is 7.27 Å². The van der Waals surface area contributed by atoms with Crippen LogP contribution in [0.25, 0.3) is 0 Å². The molecule has 2 fully saturated rings. The van der Waals surface area contributed by atoms with Gasteiger partial charge in [0, 0.05) is 0 Å². The fourth-order valence-electron chi connectivity index (χ4n) is 3.18. The minimum atomic E-state index is -0.634. The van der Waals surface area contributed by atoms with E-state index in [4.69, 9.17) is 41.5 Å². The molecule has 2 aliphatic rings. The number of halogens is 4. The molecule has 0 aromatic rings. The van der Waals surface area contributed by atoms with Crippen LogP contribution in [-0.4, -0.2) is 16.5 Å². The molecule has 0 aliphatic heterocycles. The van der Waals surface area contributed by atoms with Gasteiger partial charge in [-0.3, -0.25) is 0 Å². The van der Waals surface area contributed by atoms with E-state index in [9.17, 15) is 0 Å². The second-order valence-corrected chi connectivity index (χ2v) is 18.7. The molecule has 0 aromatic carbocycles. The third-order valence-corrected chi connectivity index (χ3v) is 11.6. The van der Waals surface area contributed by atoms with Crippen LogP contribution in [0.3, 0.4) is 0 Å². The molecule has 0 spiro atoms. The zero-order valence-electron chi connectivity index (χ0n) is 19.1. The van der Waals surface area contributed by atoms with Crippen LogP contribution in [0.5, 0.6) is 0 Å². The van der Waals surface area contributed by atoms with Crippen molar-refractivity contribution in [3.63, 3.8) is 0 Å². The van der Waals surface area contributed by atoms with E-state index in [-0.39, 0.29) is 15.9 Å². The zero-order valence-corrected chi connectivity index (χ0v) is 25.6. The molecule has 28 heavy (non-hydrogen) atoms. The molecule has 0 saturated heterocycles. The third-order valence-electron chi connectivity index (χ3n) is 4.44. The molecule has 0 nitrogen and oxygen atoms in total. The Balaban J connectivity index is 0. The molecule has 2 aliphatic carbocycles. The normalized spacial score (nSPS) is 20.4. The van der Waals surface area contributed by atoms with Gasteiger partial charge in [-0.05, 0) is 78.3 Å². The van der Waals surface area contributed by atoms with Crippen molar-refractivity contribution < 1.29 is 15.9 Å². The van der Waals surface area contributed by atoms with Crippen LogP contribution in [0.2, 0.25) is 0 Å². The van der Waals surface area contributed by atoms with Gasteiger partial charge in [-0.25, -0.2) is 0 Å². The summed E-state index contributed by atoms with van der Waals surface area (Å²) in [6.45, 7) is 15.6. The quantitative estimate of drug-likeness (QED) is 0.216. The van der Waals surface area contributed by atoms with Crippen molar-refractivity contribution in [2.45, 2.75) is 129 Å². The van der Waals surface area contributed by atoms with E-state index in [2.05, 4.69) is 48.5 Å². The van der Waals surface area contributed by atoms with Crippen LogP contribution >= 0.6 is 56.7 Å². The molecular weight excluding hydrogens is 562 g/mol. The first-order valence-electron chi connectivity index (χ1n) is 10.6. The third kappa shape index (κ3) is 23.3. The van der Waals surface area contributed by atoms with Crippen LogP contribution in [0.4, 0.5) is 0 Å². The average Bonchev–Trinajstić information content (AvgIpc) is 2.61. The van der Waals surface area contributed by atoms with Gasteiger partial charge in [0.1, 0.15) is 7.27 Å². The number of rotatable bonds is 2. The molecule has 7 heteroatoms. The average molecular weight is 608 g/mol. The summed E-state index contributed by atoms with van der Waals surface area (Å²) in [7, 11) is 9.67. The predicted molar refractivity (Wildman–Crippen MR) is 139 cm³/mol. The summed E-state index contributed by atoms with van der Waals surface area (Å²) in [5.41, 5.74) is 2.26. The van der Waals surface area contributed by atoms with Gasteiger partial charge in [0.25, 0.3) is 0 Å². The molecule has 0 amide bonds. The van der Waals surface area contributed by atoms with Crippen LogP contribution in [0.15, 0.2) is 0 Å². The van der Waals surface area contributed by atoms with Crippen LogP contribution in [0, 0.1) is 5.41 Å². The monoisotopic (exact) mass is 605 g/mol. The van der Waals surface area contributed by atoms with Gasteiger partial charge >= 0.3 is 35.0 Å². The van der Waals surface area contributed by atoms with E-state index in [0.29, 0.717) is 18.5 Å². The van der Waals surface area contributed by atoms with Gasteiger partial charge in [0.05, 0.1) is 22.1 Å². The summed E-state index contributed by atoms with van der Waals surface area (Å²) in [6.07, 6.45) is 14.1. The Morgan fingerprint density at radius 3 is 1.32 bits per heavy atom. The molecule has 0 radical (unpaired) electrons. The second-order valence-electron chi connectivity index (χ2n) is 10.4. The summed E-state index contributed by atoms with van der Waals surface area (Å²) in [6, 6.07) is 0. The van der Waals surface area contributed by atoms with E-state index in [1.54, 1.807) is 0 Å². The molecule has 2 rings (SSSR count). The Labute approximate surface area is 205 Å². The molecular formula is C21H45Cl4P2Pd+. The van der Waals surface area contributed by atoms with Gasteiger partial charge in [0.2, 0.25) is 0 Å². The standard InChI is InChI=1S/C10H20ClP.C6H12ClP.C5H12.2ClH.Pd/c1-10(2,3)12(11)9-7-5-4-6-8-9;7-8-6-4-2-1-3-5-6;1-5(2,3)4;;;/h9H,4-8H2,1-3H3;6,8H,1-5H2;1-4H3;2*1H;/q;;;;;+2/p-1. The number of hydrogen-bond acceptors (Lipinski definition) is 0. The molecule has 2 atom stereocenters. The van der Waals surface area contributed by atoms with Crippen molar-refractivity contribution >= 4 is 56.7 Å². The summed E-state index contributed by atoms with van der Waals surface area (Å²) in [5, 5.41) is 0.383. The minimum absolute atomic E-state index is 0.106. The van der Waals surface area contributed by atoms with Crippen molar-refractivity contribution in [3.05, 3.63) is 0 Å². The fraction of sp³-hybridized carbons (Fsp3) is 1.00. The van der Waals surface area contributed by atoms with Gasteiger partial charge in [-0.2, -0.15) is 0 Å². The van der Waals surface area contributed by atoms with Crippen molar-refractivity contribution in [3.8, 4) is 0 Å². The first-order chi connectivity index (χ1) is 12.9. The van der Waals surface area contributed by atoms with Gasteiger partial charge < -0.3 is 0 Å². The van der Waals surface area contributed by atoms with Gasteiger partial charge in [-0.1, -0.05) is 64.6 Å². The van der Waals surface area contributed by atoms with Gasteiger partial charge in [0.15, 0.2) is 0 Å². The Hall–Kier alpha value is 2.68. The van der Waals surface area contributed by atoms with E-state index in [0.717, 1.165) is 11.3 Å². The fourth-order valence-corrected chi connectivity index (χ4v) is 7.26. The first-order valence-corrected chi connectivity index (χ1v) is 19.3. The summed E-state index contributed by atoms with van der Waals surface area (Å²) >= 11 is 12.1.